The third-order valence-electron chi connectivity index (χ3n) is 8.95. The fourth-order valence-electron chi connectivity index (χ4n) is 6.78. The number of hydrogen-bond donors (Lipinski definition) is 1. The van der Waals surface area contributed by atoms with E-state index in [1.807, 2.05) is 23.8 Å². The molecule has 1 unspecified atom stereocenters. The monoisotopic (exact) mass is 590 g/mol. The van der Waals surface area contributed by atoms with Crippen molar-refractivity contribution >= 4 is 40.2 Å². The highest BCUT2D eigenvalue weighted by molar-refractivity contribution is 8.02. The molecule has 1 saturated heterocycles. The van der Waals surface area contributed by atoms with Gasteiger partial charge in [0.2, 0.25) is 0 Å². The molecule has 1 saturated carbocycles. The van der Waals surface area contributed by atoms with Crippen LogP contribution in [0.2, 0.25) is 0 Å². The minimum atomic E-state index is -2.73. The minimum absolute atomic E-state index is 0.0496. The number of carbonyl (C=O) groups excluding carboxylic acids is 2. The number of alkyl halides is 2. The first kappa shape index (κ1) is 29.8. The standard InChI is InChI=1S/C30H37F3N4O3S/c1-16-12-25(41-4)23(28(38)35-16)13-34-29(39)26-18(3)37(27-22(26)6-5-7-24(27)31)17(2)19-8-10-20(11-9-19)36-14-21(15-36)40-30(32)33/h5-7,12,17,19-21,23,30H,8-11,13-15H2,1-4H3,(H,34,39)/t17-,19?,20?,23?/m1/s1. The third-order valence-corrected chi connectivity index (χ3v) is 9.82. The number of halogens is 3. The Morgan fingerprint density at radius 1 is 1.20 bits per heavy atom. The number of amides is 2. The molecule has 222 valence electrons. The van der Waals surface area contributed by atoms with Gasteiger partial charge in [-0.15, -0.1) is 11.8 Å². The van der Waals surface area contributed by atoms with Gasteiger partial charge in [0.1, 0.15) is 5.82 Å². The lowest BCUT2D eigenvalue weighted by atomic mass is 9.80. The lowest BCUT2D eigenvalue weighted by molar-refractivity contribution is -0.202. The average molecular weight is 591 g/mol. The van der Waals surface area contributed by atoms with Crippen LogP contribution in [0.1, 0.15) is 61.6 Å². The molecule has 3 heterocycles. The molecule has 0 spiro atoms. The van der Waals surface area contributed by atoms with Crippen molar-refractivity contribution in [3.05, 3.63) is 46.3 Å². The molecular weight excluding hydrogens is 553 g/mol. The maximum atomic E-state index is 15.3. The molecule has 7 nitrogen and oxygen atoms in total. The number of aliphatic imine (C=N–C) groups is 1. The van der Waals surface area contributed by atoms with Crippen LogP contribution in [0, 0.1) is 24.6 Å². The summed E-state index contributed by atoms with van der Waals surface area (Å²) in [4.78, 5) is 33.3. The lowest BCUT2D eigenvalue weighted by Crippen LogP contribution is -2.57. The van der Waals surface area contributed by atoms with Crippen molar-refractivity contribution in [3.63, 3.8) is 0 Å². The van der Waals surface area contributed by atoms with Gasteiger partial charge in [-0.05, 0) is 70.8 Å². The number of benzene rings is 1. The Bertz CT molecular complexity index is 1380. The van der Waals surface area contributed by atoms with Gasteiger partial charge in [-0.2, -0.15) is 8.78 Å². The number of fused-ring (bicyclic) bond motifs is 1. The van der Waals surface area contributed by atoms with Crippen molar-refractivity contribution in [1.82, 2.24) is 14.8 Å². The SMILES string of the molecule is CSC1=CC(C)=NC(=O)C1CNC(=O)c1c(C)n([C@H](C)C2CCC(N3CC(OC(F)F)C3)CC2)c2c(F)cccc12. The zero-order chi connectivity index (χ0) is 29.4. The van der Waals surface area contributed by atoms with E-state index in [0.29, 0.717) is 47.0 Å². The average Bonchev–Trinajstić information content (AvgIpc) is 3.22. The molecule has 0 bridgehead atoms. The van der Waals surface area contributed by atoms with E-state index < -0.39 is 18.6 Å². The maximum Gasteiger partial charge on any atom is 0.345 e. The summed E-state index contributed by atoms with van der Waals surface area (Å²) in [5.41, 5.74) is 2.17. The molecule has 1 aliphatic carbocycles. The van der Waals surface area contributed by atoms with Crippen LogP contribution in [0.4, 0.5) is 13.2 Å². The summed E-state index contributed by atoms with van der Waals surface area (Å²) in [7, 11) is 0. The van der Waals surface area contributed by atoms with Crippen molar-refractivity contribution in [1.29, 1.82) is 0 Å². The van der Waals surface area contributed by atoms with Crippen LogP contribution in [-0.4, -0.2) is 71.6 Å². The van der Waals surface area contributed by atoms with E-state index in [1.165, 1.54) is 17.8 Å². The summed E-state index contributed by atoms with van der Waals surface area (Å²) in [6, 6.07) is 5.10. The van der Waals surface area contributed by atoms with Gasteiger partial charge in [0.05, 0.1) is 23.1 Å². The number of carbonyl (C=O) groups is 2. The normalized spacial score (nSPS) is 24.8. The van der Waals surface area contributed by atoms with Gasteiger partial charge >= 0.3 is 6.61 Å². The summed E-state index contributed by atoms with van der Waals surface area (Å²) < 4.78 is 46.9. The van der Waals surface area contributed by atoms with Crippen molar-refractivity contribution in [3.8, 4) is 0 Å². The van der Waals surface area contributed by atoms with Crippen LogP contribution in [0.15, 0.2) is 34.2 Å². The molecule has 1 aromatic carbocycles. The van der Waals surface area contributed by atoms with Gasteiger partial charge < -0.3 is 14.6 Å². The van der Waals surface area contributed by atoms with E-state index in [0.717, 1.165) is 30.6 Å². The van der Waals surface area contributed by atoms with E-state index >= 15 is 4.39 Å². The van der Waals surface area contributed by atoms with E-state index in [2.05, 4.69) is 26.9 Å². The first-order valence-corrected chi connectivity index (χ1v) is 15.4. The topological polar surface area (TPSA) is 75.9 Å². The third kappa shape index (κ3) is 5.99. The van der Waals surface area contributed by atoms with Crippen LogP contribution < -0.4 is 5.32 Å². The Kier molecular flexibility index (Phi) is 8.96. The summed E-state index contributed by atoms with van der Waals surface area (Å²) in [6.45, 7) is 4.16. The van der Waals surface area contributed by atoms with Gasteiger partial charge in [0.15, 0.2) is 0 Å². The molecule has 5 rings (SSSR count). The quantitative estimate of drug-likeness (QED) is 0.404. The fraction of sp³-hybridized carbons (Fsp3) is 0.567. The van der Waals surface area contributed by atoms with E-state index in [-0.39, 0.29) is 36.1 Å². The van der Waals surface area contributed by atoms with Crippen LogP contribution in [0.5, 0.6) is 0 Å². The Morgan fingerprint density at radius 2 is 1.90 bits per heavy atom. The second kappa shape index (κ2) is 12.3. The Hall–Kier alpha value is -2.63. The number of hydrogen-bond acceptors (Lipinski definition) is 5. The molecule has 2 fully saturated rings. The van der Waals surface area contributed by atoms with Gasteiger partial charge in [0.25, 0.3) is 11.8 Å². The molecule has 2 aliphatic heterocycles. The van der Waals surface area contributed by atoms with Crippen LogP contribution in [0.3, 0.4) is 0 Å². The number of likely N-dealkylation sites (tertiary alicyclic amines) is 1. The molecule has 1 aromatic heterocycles. The molecule has 41 heavy (non-hydrogen) atoms. The summed E-state index contributed by atoms with van der Waals surface area (Å²) in [6.07, 6.45) is 7.08. The molecule has 2 aromatic rings. The second-order valence-corrected chi connectivity index (χ2v) is 12.2. The minimum Gasteiger partial charge on any atom is -0.351 e. The lowest BCUT2D eigenvalue weighted by Gasteiger charge is -2.46. The zero-order valence-corrected chi connectivity index (χ0v) is 24.6. The highest BCUT2D eigenvalue weighted by Gasteiger charge is 2.38. The molecular formula is C30H37F3N4O3S. The number of nitrogens with zero attached hydrogens (tertiary/aromatic N) is 3. The summed E-state index contributed by atoms with van der Waals surface area (Å²) in [5, 5.41) is 3.48. The smallest absolute Gasteiger partial charge is 0.345 e. The van der Waals surface area contributed by atoms with E-state index in [9.17, 15) is 18.4 Å². The highest BCUT2D eigenvalue weighted by atomic mass is 32.2. The number of para-hydroxylation sites is 1. The van der Waals surface area contributed by atoms with Gasteiger partial charge in [-0.1, -0.05) is 12.1 Å². The van der Waals surface area contributed by atoms with Crippen LogP contribution in [0.25, 0.3) is 10.9 Å². The number of aromatic nitrogens is 1. The molecule has 3 aliphatic rings. The molecule has 2 atom stereocenters. The van der Waals surface area contributed by atoms with Crippen molar-refractivity contribution in [2.24, 2.45) is 16.8 Å². The number of allylic oxidation sites excluding steroid dienone is 1. The van der Waals surface area contributed by atoms with E-state index in [4.69, 9.17) is 0 Å². The van der Waals surface area contributed by atoms with E-state index in [1.54, 1.807) is 19.1 Å². The Labute approximate surface area is 242 Å². The zero-order valence-electron chi connectivity index (χ0n) is 23.8. The molecule has 1 N–H and O–H groups in total. The number of ether oxygens (including phenoxy) is 1. The first-order valence-electron chi connectivity index (χ1n) is 14.2. The van der Waals surface area contributed by atoms with Crippen molar-refractivity contribution in [2.45, 2.75) is 71.3 Å². The largest absolute Gasteiger partial charge is 0.351 e. The number of rotatable bonds is 9. The number of dihydropyridines is 1. The molecule has 11 heteroatoms. The summed E-state index contributed by atoms with van der Waals surface area (Å²) in [5.74, 6) is -1.26. The van der Waals surface area contributed by atoms with Crippen LogP contribution >= 0.6 is 11.8 Å². The fourth-order valence-corrected chi connectivity index (χ4v) is 7.54. The van der Waals surface area contributed by atoms with Gasteiger partial charge in [-0.3, -0.25) is 14.5 Å². The predicted molar refractivity (Wildman–Crippen MR) is 155 cm³/mol. The second-order valence-electron chi connectivity index (χ2n) is 11.4. The molecule has 0 radical (unpaired) electrons. The van der Waals surface area contributed by atoms with Crippen LogP contribution in [-0.2, 0) is 9.53 Å². The van der Waals surface area contributed by atoms with Gasteiger partial charge in [-0.25, -0.2) is 9.38 Å². The number of thioether (sulfide) groups is 1. The molecule has 2 amide bonds. The highest BCUT2D eigenvalue weighted by Crippen LogP contribution is 2.40. The first-order chi connectivity index (χ1) is 19.6. The Morgan fingerprint density at radius 3 is 2.56 bits per heavy atom. The maximum absolute atomic E-state index is 15.3. The Balaban J connectivity index is 1.31. The number of nitrogens with one attached hydrogen (secondary N) is 1. The van der Waals surface area contributed by atoms with Crippen molar-refractivity contribution in [2.75, 3.05) is 25.9 Å². The predicted octanol–water partition coefficient (Wildman–Crippen LogP) is 5.73. The van der Waals surface area contributed by atoms with Gasteiger partial charge in [0, 0.05) is 53.4 Å². The summed E-state index contributed by atoms with van der Waals surface area (Å²) >= 11 is 1.46. The van der Waals surface area contributed by atoms with Crippen molar-refractivity contribution < 1.29 is 27.5 Å².